The van der Waals surface area contributed by atoms with Crippen LogP contribution in [0.3, 0.4) is 0 Å². The Morgan fingerprint density at radius 1 is 0.636 bits per heavy atom. The molecule has 4 aromatic carbocycles. The van der Waals surface area contributed by atoms with Crippen molar-refractivity contribution in [3.05, 3.63) is 133 Å². The molecule has 0 amide bonds. The highest BCUT2D eigenvalue weighted by molar-refractivity contribution is 5.81. The first-order chi connectivity index (χ1) is 20.6. The van der Waals surface area contributed by atoms with Gasteiger partial charge in [0.05, 0.1) is 33.0 Å². The molecule has 0 aliphatic carbocycles. The Bertz CT molecular complexity index is 1480. The van der Waals surface area contributed by atoms with Gasteiger partial charge >= 0.3 is 5.97 Å². The van der Waals surface area contributed by atoms with E-state index in [1.54, 1.807) is 12.1 Å². The summed E-state index contributed by atoms with van der Waals surface area (Å²) >= 11 is 0. The second-order valence-electron chi connectivity index (χ2n) is 8.87. The van der Waals surface area contributed by atoms with Gasteiger partial charge in [0.2, 0.25) is 0 Å². The minimum Gasteiger partial charge on any atom is -0.494 e. The van der Waals surface area contributed by atoms with Crippen LogP contribution in [0.4, 0.5) is 11.4 Å². The highest BCUT2D eigenvalue weighted by Crippen LogP contribution is 2.26. The van der Waals surface area contributed by atoms with Crippen LogP contribution >= 0.6 is 0 Å². The maximum Gasteiger partial charge on any atom is 0.330 e. The van der Waals surface area contributed by atoms with Crippen LogP contribution < -0.4 is 9.47 Å². The van der Waals surface area contributed by atoms with E-state index in [-0.39, 0.29) is 21.5 Å². The van der Waals surface area contributed by atoms with Gasteiger partial charge in [0, 0.05) is 25.5 Å². The molecule has 0 aliphatic rings. The van der Waals surface area contributed by atoms with Gasteiger partial charge in [-0.1, -0.05) is 94.2 Å². The smallest absolute Gasteiger partial charge is 0.330 e. The van der Waals surface area contributed by atoms with Gasteiger partial charge in [-0.3, -0.25) is 0 Å². The van der Waals surface area contributed by atoms with Crippen molar-refractivity contribution in [3.63, 3.8) is 0 Å². The lowest BCUT2D eigenvalue weighted by molar-refractivity contribution is -0.137. The molecule has 0 heterocycles. The minimum atomic E-state index is -0.418. The molecule has 0 aliphatic heterocycles. The third kappa shape index (κ3) is 12.2. The fourth-order valence-electron chi connectivity index (χ4n) is 3.68. The number of benzene rings is 4. The van der Waals surface area contributed by atoms with E-state index in [1.165, 1.54) is 0 Å². The van der Waals surface area contributed by atoms with Gasteiger partial charge < -0.3 is 19.3 Å². The molecule has 0 radical (unpaired) electrons. The Labute approximate surface area is 261 Å². The van der Waals surface area contributed by atoms with Crippen LogP contribution in [0.1, 0.15) is 27.7 Å². The van der Waals surface area contributed by atoms with Gasteiger partial charge in [0.15, 0.2) is 11.4 Å². The van der Waals surface area contributed by atoms with Crippen LogP contribution in [-0.2, 0) is 9.53 Å². The van der Waals surface area contributed by atoms with Crippen molar-refractivity contribution in [1.82, 2.24) is 0 Å². The number of aliphatic hydroxyl groups excluding tert-OH is 1. The molecule has 0 bridgehead atoms. The zero-order valence-electron chi connectivity index (χ0n) is 23.2. The molecule has 7 nitrogen and oxygen atoms in total. The lowest BCUT2D eigenvalue weighted by Gasteiger charge is -2.08. The Morgan fingerprint density at radius 3 is 1.34 bits per heavy atom. The van der Waals surface area contributed by atoms with Gasteiger partial charge in [-0.2, -0.15) is 0 Å². The van der Waals surface area contributed by atoms with E-state index in [0.29, 0.717) is 44.0 Å². The van der Waals surface area contributed by atoms with Crippen LogP contribution in [0.5, 0.6) is 11.5 Å². The first-order valence-electron chi connectivity index (χ1n) is 13.4. The number of hydrogen-bond donors (Lipinski definition) is 1. The predicted molar refractivity (Wildman–Crippen MR) is 178 cm³/mol. The number of carbonyl (C=O) groups excluding carboxylic acids is 1. The summed E-state index contributed by atoms with van der Waals surface area (Å²) in [6, 6.07) is 30.5. The van der Waals surface area contributed by atoms with E-state index in [0.717, 1.165) is 39.8 Å². The molecule has 4 rings (SSSR count). The third-order valence-electron chi connectivity index (χ3n) is 5.91. The van der Waals surface area contributed by atoms with Crippen LogP contribution in [-0.4, -0.2) is 37.5 Å². The van der Waals surface area contributed by atoms with Gasteiger partial charge in [0.1, 0.15) is 11.5 Å². The minimum absolute atomic E-state index is 0. The van der Waals surface area contributed by atoms with Gasteiger partial charge in [-0.05, 0) is 46.5 Å². The van der Waals surface area contributed by atoms with E-state index in [2.05, 4.69) is 16.3 Å². The second kappa shape index (κ2) is 20.5. The summed E-state index contributed by atoms with van der Waals surface area (Å²) in [5, 5.41) is 8.68. The topological polar surface area (TPSA) is 73.7 Å². The Morgan fingerprint density at radius 2 is 1.00 bits per heavy atom. The van der Waals surface area contributed by atoms with Crippen molar-refractivity contribution in [2.45, 2.75) is 27.7 Å². The van der Waals surface area contributed by atoms with Gasteiger partial charge in [0.25, 0.3) is 0 Å². The molecule has 0 fully saturated rings. The highest BCUT2D eigenvalue weighted by Gasteiger charge is 2.01. The van der Waals surface area contributed by atoms with E-state index in [1.807, 2.05) is 84.9 Å². The number of rotatable bonds is 12. The second-order valence-corrected chi connectivity index (χ2v) is 8.87. The highest BCUT2D eigenvalue weighted by atomic mass is 16.5. The maximum absolute atomic E-state index is 10.9. The van der Waals surface area contributed by atoms with Crippen molar-refractivity contribution in [2.24, 2.45) is 0 Å². The van der Waals surface area contributed by atoms with Gasteiger partial charge in [-0.25, -0.2) is 14.5 Å². The molecule has 0 saturated heterocycles. The zero-order valence-corrected chi connectivity index (χ0v) is 23.2. The molecule has 4 aromatic rings. The fraction of sp³-hybridized carbons (Fsp3) is 0.216. The summed E-state index contributed by atoms with van der Waals surface area (Å²) in [4.78, 5) is 17.6. The quantitative estimate of drug-likeness (QED) is 0.0768. The number of carbonyl (C=O) groups is 1. The molecule has 0 spiro atoms. The van der Waals surface area contributed by atoms with Crippen LogP contribution in [0.2, 0.25) is 0 Å². The Hall–Kier alpha value is -5.37. The van der Waals surface area contributed by atoms with Crippen molar-refractivity contribution < 1.29 is 24.1 Å². The molecule has 228 valence electrons. The molecular weight excluding hydrogens is 552 g/mol. The number of ether oxygens (including phenoxy) is 3. The lowest BCUT2D eigenvalue weighted by Crippen LogP contribution is -2.06. The number of aliphatic hydroxyl groups is 1. The van der Waals surface area contributed by atoms with E-state index in [4.69, 9.17) is 32.5 Å². The summed E-state index contributed by atoms with van der Waals surface area (Å²) in [6.45, 7) is 18.7. The van der Waals surface area contributed by atoms with Crippen LogP contribution in [0, 0.1) is 13.1 Å². The third-order valence-corrected chi connectivity index (χ3v) is 5.91. The average Bonchev–Trinajstić information content (AvgIpc) is 3.05. The summed E-state index contributed by atoms with van der Waals surface area (Å²) < 4.78 is 15.9. The monoisotopic (exact) mass is 592 g/mol. The van der Waals surface area contributed by atoms with Crippen molar-refractivity contribution >= 4 is 17.3 Å². The fourth-order valence-corrected chi connectivity index (χ4v) is 3.68. The molecule has 0 atom stereocenters. The van der Waals surface area contributed by atoms with Crippen molar-refractivity contribution in [1.29, 1.82) is 0 Å². The average molecular weight is 593 g/mol. The molecule has 0 unspecified atom stereocenters. The van der Waals surface area contributed by atoms with E-state index >= 15 is 0 Å². The Kier molecular flexibility index (Phi) is 17.1. The van der Waals surface area contributed by atoms with E-state index < -0.39 is 5.97 Å². The van der Waals surface area contributed by atoms with Crippen LogP contribution in [0.25, 0.3) is 31.9 Å². The summed E-state index contributed by atoms with van der Waals surface area (Å²) in [6.07, 6.45) is 2.41. The number of esters is 1. The normalized spacial score (nSPS) is 9.34. The Balaban J connectivity index is 0.000000427. The molecule has 44 heavy (non-hydrogen) atoms. The van der Waals surface area contributed by atoms with Crippen molar-refractivity contribution in [2.75, 3.05) is 26.4 Å². The SMILES string of the molecule is C.C.[C-]#[N+]c1ccc(-c2ccc(OCCCO)cc2)cc1.[C-]#[N+]c1ccc(-c2ccc(OCCCOC(=O)C=C)cc2)cc1. The van der Waals surface area contributed by atoms with Gasteiger partial charge in [-0.15, -0.1) is 0 Å². The van der Waals surface area contributed by atoms with E-state index in [9.17, 15) is 4.79 Å². The summed E-state index contributed by atoms with van der Waals surface area (Å²) in [7, 11) is 0. The number of nitrogens with zero attached hydrogens (tertiary/aromatic N) is 2. The first-order valence-corrected chi connectivity index (χ1v) is 13.4. The predicted octanol–water partition coefficient (Wildman–Crippen LogP) is 9.34. The lowest BCUT2D eigenvalue weighted by atomic mass is 10.1. The standard InChI is InChI=1S/C19H17NO3.C16H15NO2.2CH4/c1-3-19(21)23-14-4-13-22-18-11-7-16(8-12-18)15-5-9-17(20-2)10-6-15;1-17-15-7-3-13(4-8-15)14-5-9-16(10-6-14)19-12-2-11-18;;/h3,5-12H,1,4,13-14H2;3-10,18H,2,11-12H2;2*1H4. The van der Waals surface area contributed by atoms with Crippen LogP contribution in [0.15, 0.2) is 110 Å². The van der Waals surface area contributed by atoms with Crippen molar-refractivity contribution in [3.8, 4) is 33.8 Å². The molecule has 0 saturated carbocycles. The maximum atomic E-state index is 10.9. The first kappa shape index (κ1) is 36.7. The molecule has 1 N–H and O–H groups in total. The largest absolute Gasteiger partial charge is 0.494 e. The number of hydrogen-bond acceptors (Lipinski definition) is 5. The summed E-state index contributed by atoms with van der Waals surface area (Å²) in [5.41, 5.74) is 5.56. The molecular formula is C37H40N2O5. The summed E-state index contributed by atoms with van der Waals surface area (Å²) in [5.74, 6) is 1.15. The molecule has 7 heteroatoms. The molecule has 0 aromatic heterocycles. The zero-order chi connectivity index (χ0) is 30.0.